The first-order chi connectivity index (χ1) is 12.3. The van der Waals surface area contributed by atoms with Crippen molar-refractivity contribution in [3.63, 3.8) is 0 Å². The lowest BCUT2D eigenvalue weighted by Gasteiger charge is -2.27. The molecule has 1 unspecified atom stereocenters. The molecule has 1 aliphatic rings. The van der Waals surface area contributed by atoms with Crippen LogP contribution in [0.4, 0.5) is 0 Å². The molecule has 1 atom stereocenters. The first kappa shape index (κ1) is 15.7. The first-order valence-corrected chi connectivity index (χ1v) is 8.44. The Kier molecular flexibility index (Phi) is 4.39. The number of fused-ring (bicyclic) bond motifs is 1. The zero-order chi connectivity index (χ0) is 17.1. The van der Waals surface area contributed by atoms with Crippen LogP contribution in [0.25, 0.3) is 5.69 Å². The zero-order valence-electron chi connectivity index (χ0n) is 14.2. The molecule has 4 rings (SSSR count). The average molecular weight is 335 g/mol. The Morgan fingerprint density at radius 1 is 1.24 bits per heavy atom. The predicted octanol–water partition coefficient (Wildman–Crippen LogP) is 2.97. The van der Waals surface area contributed by atoms with Crippen molar-refractivity contribution < 1.29 is 9.47 Å². The molecule has 5 heteroatoms. The maximum atomic E-state index is 5.94. The molecule has 0 radical (unpaired) electrons. The summed E-state index contributed by atoms with van der Waals surface area (Å²) in [6, 6.07) is 14.5. The van der Waals surface area contributed by atoms with Gasteiger partial charge in [0, 0.05) is 30.7 Å². The summed E-state index contributed by atoms with van der Waals surface area (Å²) in [4.78, 5) is 4.20. The van der Waals surface area contributed by atoms with Crippen molar-refractivity contribution in [1.29, 1.82) is 0 Å². The van der Waals surface area contributed by atoms with Gasteiger partial charge >= 0.3 is 0 Å². The van der Waals surface area contributed by atoms with Crippen molar-refractivity contribution in [3.8, 4) is 17.2 Å². The van der Waals surface area contributed by atoms with Gasteiger partial charge < -0.3 is 19.4 Å². The van der Waals surface area contributed by atoms with E-state index in [9.17, 15) is 0 Å². The van der Waals surface area contributed by atoms with Crippen LogP contribution in [-0.2, 0) is 13.0 Å². The van der Waals surface area contributed by atoms with Crippen LogP contribution < -0.4 is 14.8 Å². The van der Waals surface area contributed by atoms with Crippen LogP contribution in [0.1, 0.15) is 11.3 Å². The lowest BCUT2D eigenvalue weighted by Crippen LogP contribution is -2.39. The Labute approximate surface area is 147 Å². The van der Waals surface area contributed by atoms with E-state index >= 15 is 0 Å². The van der Waals surface area contributed by atoms with Crippen LogP contribution in [0.3, 0.4) is 0 Å². The summed E-state index contributed by atoms with van der Waals surface area (Å²) in [6.45, 7) is 1.41. The van der Waals surface area contributed by atoms with Gasteiger partial charge in [-0.2, -0.15) is 0 Å². The van der Waals surface area contributed by atoms with E-state index in [1.165, 1.54) is 11.3 Å². The molecule has 3 heterocycles. The summed E-state index contributed by atoms with van der Waals surface area (Å²) < 4.78 is 13.5. The molecule has 128 valence electrons. The van der Waals surface area contributed by atoms with Crippen LogP contribution in [0.15, 0.2) is 61.1 Å². The number of ether oxygens (including phenoxy) is 2. The molecular formula is C20H21N3O2. The van der Waals surface area contributed by atoms with Crippen molar-refractivity contribution in [2.45, 2.75) is 19.0 Å². The van der Waals surface area contributed by atoms with Gasteiger partial charge in [0.1, 0.15) is 6.61 Å². The lowest BCUT2D eigenvalue weighted by molar-refractivity contribution is 0.226. The minimum absolute atomic E-state index is 0.275. The molecule has 5 nitrogen and oxygen atoms in total. The second-order valence-corrected chi connectivity index (χ2v) is 6.12. The average Bonchev–Trinajstić information content (AvgIpc) is 3.15. The minimum Gasteiger partial charge on any atom is -0.493 e. The third kappa shape index (κ3) is 3.23. The normalized spacial score (nSPS) is 16.1. The topological polar surface area (TPSA) is 48.3 Å². The van der Waals surface area contributed by atoms with Crippen LogP contribution >= 0.6 is 0 Å². The van der Waals surface area contributed by atoms with Gasteiger partial charge in [-0.1, -0.05) is 12.1 Å². The summed E-state index contributed by atoms with van der Waals surface area (Å²) in [5.41, 5.74) is 3.45. The lowest BCUT2D eigenvalue weighted by atomic mass is 10.0. The second-order valence-electron chi connectivity index (χ2n) is 6.12. The highest BCUT2D eigenvalue weighted by Gasteiger charge is 2.22. The van der Waals surface area contributed by atoms with Gasteiger partial charge in [-0.25, -0.2) is 0 Å². The predicted molar refractivity (Wildman–Crippen MR) is 96.4 cm³/mol. The third-order valence-electron chi connectivity index (χ3n) is 4.50. The Morgan fingerprint density at radius 3 is 3.04 bits per heavy atom. The second kappa shape index (κ2) is 6.99. The number of benzene rings is 1. The number of rotatable bonds is 5. The van der Waals surface area contributed by atoms with Crippen molar-refractivity contribution in [2.75, 3.05) is 13.7 Å². The van der Waals surface area contributed by atoms with Crippen molar-refractivity contribution in [3.05, 3.63) is 72.3 Å². The quantitative estimate of drug-likeness (QED) is 0.779. The van der Waals surface area contributed by atoms with Crippen LogP contribution in [0.5, 0.6) is 11.5 Å². The van der Waals surface area contributed by atoms with E-state index in [0.29, 0.717) is 6.61 Å². The molecule has 0 amide bonds. The van der Waals surface area contributed by atoms with Crippen LogP contribution in [-0.4, -0.2) is 29.3 Å². The molecule has 25 heavy (non-hydrogen) atoms. The number of methoxy groups -OCH3 is 1. The van der Waals surface area contributed by atoms with Crippen molar-refractivity contribution >= 4 is 0 Å². The van der Waals surface area contributed by atoms with E-state index in [-0.39, 0.29) is 6.04 Å². The van der Waals surface area contributed by atoms with Gasteiger partial charge in [-0.15, -0.1) is 0 Å². The highest BCUT2D eigenvalue weighted by Crippen LogP contribution is 2.34. The molecule has 0 aliphatic carbocycles. The van der Waals surface area contributed by atoms with E-state index in [2.05, 4.69) is 45.3 Å². The maximum absolute atomic E-state index is 5.94. The molecular weight excluding hydrogens is 314 g/mol. The summed E-state index contributed by atoms with van der Waals surface area (Å²) in [6.07, 6.45) is 6.65. The first-order valence-electron chi connectivity index (χ1n) is 8.44. The number of pyridine rings is 1. The number of nitrogens with one attached hydrogen (secondary N) is 1. The molecule has 1 N–H and O–H groups in total. The molecule has 0 spiro atoms. The van der Waals surface area contributed by atoms with Gasteiger partial charge in [0.25, 0.3) is 0 Å². The summed E-state index contributed by atoms with van der Waals surface area (Å²) in [5.74, 6) is 1.68. The van der Waals surface area contributed by atoms with Crippen molar-refractivity contribution in [2.24, 2.45) is 0 Å². The number of para-hydroxylation sites is 1. The molecule has 0 saturated heterocycles. The van der Waals surface area contributed by atoms with Crippen molar-refractivity contribution in [1.82, 2.24) is 14.9 Å². The highest BCUT2D eigenvalue weighted by atomic mass is 16.5. The Hall–Kier alpha value is -2.79. The fourth-order valence-electron chi connectivity index (χ4n) is 3.24. The molecule has 1 aliphatic heterocycles. The Morgan fingerprint density at radius 2 is 2.20 bits per heavy atom. The molecule has 0 bridgehead atoms. The van der Waals surface area contributed by atoms with Gasteiger partial charge in [-0.3, -0.25) is 4.98 Å². The Bertz CT molecular complexity index is 845. The summed E-state index contributed by atoms with van der Waals surface area (Å²) in [7, 11) is 1.68. The fourth-order valence-corrected chi connectivity index (χ4v) is 3.24. The standard InChI is InChI=1S/C20H21N3O2/c1-24-19-8-2-5-15-11-16(14-25-20(15)19)22-13-18-7-4-10-23(18)17-6-3-9-21-12-17/h2-10,12,16,22H,11,13-14H2,1H3. The van der Waals surface area contributed by atoms with Crippen LogP contribution in [0.2, 0.25) is 0 Å². The monoisotopic (exact) mass is 335 g/mol. The molecule has 1 aromatic carbocycles. The van der Waals surface area contributed by atoms with Crippen LogP contribution in [0, 0.1) is 0 Å². The van der Waals surface area contributed by atoms with E-state index in [4.69, 9.17) is 9.47 Å². The van der Waals surface area contributed by atoms with Gasteiger partial charge in [0.15, 0.2) is 11.5 Å². The van der Waals surface area contributed by atoms with Gasteiger partial charge in [-0.05, 0) is 42.3 Å². The molecule has 3 aromatic rings. The smallest absolute Gasteiger partial charge is 0.164 e. The Balaban J connectivity index is 1.44. The molecule has 0 saturated carbocycles. The minimum atomic E-state index is 0.275. The van der Waals surface area contributed by atoms with Gasteiger partial charge in [0.2, 0.25) is 0 Å². The highest BCUT2D eigenvalue weighted by molar-refractivity contribution is 5.48. The zero-order valence-corrected chi connectivity index (χ0v) is 14.2. The van der Waals surface area contributed by atoms with E-state index in [1.807, 2.05) is 24.4 Å². The fraction of sp³-hybridized carbons (Fsp3) is 0.250. The number of hydrogen-bond acceptors (Lipinski definition) is 4. The van der Waals surface area contributed by atoms with Gasteiger partial charge in [0.05, 0.1) is 19.0 Å². The maximum Gasteiger partial charge on any atom is 0.164 e. The van der Waals surface area contributed by atoms with E-state index < -0.39 is 0 Å². The largest absolute Gasteiger partial charge is 0.493 e. The number of hydrogen-bond donors (Lipinski definition) is 1. The SMILES string of the molecule is COc1cccc2c1OCC(NCc1cccn1-c1cccnc1)C2. The number of nitrogens with zero attached hydrogens (tertiary/aromatic N) is 2. The third-order valence-corrected chi connectivity index (χ3v) is 4.50. The number of aromatic nitrogens is 2. The van der Waals surface area contributed by atoms with E-state index in [0.717, 1.165) is 30.2 Å². The summed E-state index contributed by atoms with van der Waals surface area (Å²) >= 11 is 0. The van der Waals surface area contributed by atoms with E-state index in [1.54, 1.807) is 13.3 Å². The summed E-state index contributed by atoms with van der Waals surface area (Å²) in [5, 5.41) is 3.61. The molecule has 2 aromatic heterocycles. The molecule has 0 fully saturated rings.